The molecule has 1 unspecified atom stereocenters. The molecule has 0 bridgehead atoms. The summed E-state index contributed by atoms with van der Waals surface area (Å²) in [5.41, 5.74) is 2.00. The van der Waals surface area contributed by atoms with Crippen LogP contribution in [-0.2, 0) is 16.2 Å². The van der Waals surface area contributed by atoms with Gasteiger partial charge in [0.05, 0.1) is 18.7 Å². The van der Waals surface area contributed by atoms with E-state index in [2.05, 4.69) is 18.7 Å². The minimum Gasteiger partial charge on any atom is -0.507 e. The maximum Gasteiger partial charge on any atom is 0.295 e. The smallest absolute Gasteiger partial charge is 0.295 e. The number of likely N-dealkylation sites (N-methyl/N-ethyl adjacent to an activating group) is 1. The third kappa shape index (κ3) is 5.92. The number of rotatable bonds is 11. The van der Waals surface area contributed by atoms with E-state index < -0.39 is 17.7 Å². The summed E-state index contributed by atoms with van der Waals surface area (Å²) in [4.78, 5) is 30.7. The summed E-state index contributed by atoms with van der Waals surface area (Å²) < 4.78 is 23.0. The maximum absolute atomic E-state index is 13.5. The Balaban J connectivity index is 1.54. The molecule has 0 saturated carbocycles. The first-order valence-corrected chi connectivity index (χ1v) is 14.2. The van der Waals surface area contributed by atoms with Gasteiger partial charge in [-0.15, -0.1) is 0 Å². The lowest BCUT2D eigenvalue weighted by molar-refractivity contribution is -0.140. The summed E-state index contributed by atoms with van der Waals surface area (Å²) in [5, 5.41) is 11.5. The number of aliphatic hydroxyl groups is 1. The number of carbonyl (C=O) groups excluding carboxylic acids is 2. The highest BCUT2D eigenvalue weighted by molar-refractivity contribution is 6.46. The number of fused-ring (bicyclic) bond motifs is 1. The minimum absolute atomic E-state index is 0.0104. The number of benzene rings is 3. The second kappa shape index (κ2) is 13.0. The number of aliphatic hydroxyl groups excluding tert-OH is 1. The van der Waals surface area contributed by atoms with E-state index in [4.69, 9.17) is 18.9 Å². The molecule has 0 aromatic heterocycles. The van der Waals surface area contributed by atoms with Crippen molar-refractivity contribution in [1.29, 1.82) is 0 Å². The van der Waals surface area contributed by atoms with Gasteiger partial charge in [-0.05, 0) is 54.5 Å². The Morgan fingerprint density at radius 3 is 2.40 bits per heavy atom. The van der Waals surface area contributed by atoms with Crippen LogP contribution in [0.3, 0.4) is 0 Å². The topological polar surface area (TPSA) is 97.8 Å². The number of ketones is 1. The van der Waals surface area contributed by atoms with E-state index in [-0.39, 0.29) is 11.3 Å². The Labute approximate surface area is 245 Å². The first kappa shape index (κ1) is 29.0. The molecule has 0 spiro atoms. The number of carbonyl (C=O) groups is 2. The average Bonchev–Trinajstić information content (AvgIpc) is 3.29. The van der Waals surface area contributed by atoms with Crippen LogP contribution in [0.2, 0.25) is 0 Å². The first-order chi connectivity index (χ1) is 20.4. The van der Waals surface area contributed by atoms with Crippen LogP contribution in [0.4, 0.5) is 0 Å². The lowest BCUT2D eigenvalue weighted by Crippen LogP contribution is -2.38. The van der Waals surface area contributed by atoms with E-state index in [9.17, 15) is 14.7 Å². The quantitative estimate of drug-likeness (QED) is 0.199. The van der Waals surface area contributed by atoms with Crippen LogP contribution >= 0.6 is 0 Å². The van der Waals surface area contributed by atoms with Gasteiger partial charge in [0, 0.05) is 18.7 Å². The summed E-state index contributed by atoms with van der Waals surface area (Å²) >= 11 is 0. The van der Waals surface area contributed by atoms with Crippen LogP contribution in [0.1, 0.15) is 36.6 Å². The van der Waals surface area contributed by atoms with Crippen molar-refractivity contribution in [3.05, 3.63) is 89.0 Å². The molecule has 1 N–H and O–H groups in total. The molecule has 1 fully saturated rings. The van der Waals surface area contributed by atoms with Gasteiger partial charge in [0.15, 0.2) is 23.0 Å². The molecule has 1 amide bonds. The lowest BCUT2D eigenvalue weighted by atomic mass is 9.94. The third-order valence-electron chi connectivity index (χ3n) is 7.65. The Morgan fingerprint density at radius 2 is 1.69 bits per heavy atom. The summed E-state index contributed by atoms with van der Waals surface area (Å²) in [6.45, 7) is 7.77. The number of nitrogens with zero attached hydrogens (tertiary/aromatic N) is 2. The van der Waals surface area contributed by atoms with Gasteiger partial charge < -0.3 is 33.9 Å². The number of methoxy groups -OCH3 is 1. The lowest BCUT2D eigenvalue weighted by Gasteiger charge is -2.28. The van der Waals surface area contributed by atoms with E-state index in [0.29, 0.717) is 67.0 Å². The van der Waals surface area contributed by atoms with Gasteiger partial charge in [-0.3, -0.25) is 9.59 Å². The molecule has 2 heterocycles. The highest BCUT2D eigenvalue weighted by Crippen LogP contribution is 2.43. The average molecular weight is 573 g/mol. The van der Waals surface area contributed by atoms with Gasteiger partial charge in [0.2, 0.25) is 0 Å². The van der Waals surface area contributed by atoms with Crippen LogP contribution in [0, 0.1) is 0 Å². The van der Waals surface area contributed by atoms with Crippen LogP contribution in [-0.4, -0.2) is 73.1 Å². The monoisotopic (exact) mass is 572 g/mol. The van der Waals surface area contributed by atoms with Crippen molar-refractivity contribution < 1.29 is 33.6 Å². The van der Waals surface area contributed by atoms with E-state index in [0.717, 1.165) is 18.7 Å². The van der Waals surface area contributed by atoms with Crippen LogP contribution in [0.15, 0.2) is 72.3 Å². The van der Waals surface area contributed by atoms with Crippen molar-refractivity contribution in [2.75, 3.05) is 46.5 Å². The Kier molecular flexibility index (Phi) is 8.97. The fraction of sp³-hybridized carbons (Fsp3) is 0.333. The molecule has 0 radical (unpaired) electrons. The van der Waals surface area contributed by atoms with E-state index in [1.54, 1.807) is 43.5 Å². The van der Waals surface area contributed by atoms with Gasteiger partial charge in [0.1, 0.15) is 25.6 Å². The number of hydrogen-bond donors (Lipinski definition) is 1. The molecule has 5 rings (SSSR count). The number of ether oxygens (including phenoxy) is 4. The number of likely N-dealkylation sites (tertiary alicyclic amines) is 1. The Morgan fingerprint density at radius 1 is 0.952 bits per heavy atom. The summed E-state index contributed by atoms with van der Waals surface area (Å²) in [7, 11) is 1.54. The maximum atomic E-state index is 13.5. The molecule has 9 nitrogen and oxygen atoms in total. The highest BCUT2D eigenvalue weighted by atomic mass is 16.6. The fourth-order valence-electron chi connectivity index (χ4n) is 5.30. The summed E-state index contributed by atoms with van der Waals surface area (Å²) in [6.07, 6.45) is 0. The molecule has 9 heteroatoms. The minimum atomic E-state index is -0.828. The zero-order chi connectivity index (χ0) is 29.6. The summed E-state index contributed by atoms with van der Waals surface area (Å²) in [6, 6.07) is 19.3. The van der Waals surface area contributed by atoms with Crippen molar-refractivity contribution >= 4 is 17.4 Å². The molecule has 0 aliphatic carbocycles. The Bertz CT molecular complexity index is 1470. The predicted molar refractivity (Wildman–Crippen MR) is 158 cm³/mol. The SMILES string of the molecule is CCN(CC)CCN1C(=O)C(=O)/C(=C(/O)c2ccc3c(c2)OCCO3)C1c1ccc(OCc2ccccc2)c(OC)c1. The zero-order valence-electron chi connectivity index (χ0n) is 24.2. The van der Waals surface area contributed by atoms with Gasteiger partial charge in [0.25, 0.3) is 11.7 Å². The predicted octanol–water partition coefficient (Wildman–Crippen LogP) is 4.81. The van der Waals surface area contributed by atoms with Gasteiger partial charge in [-0.1, -0.05) is 50.2 Å². The second-order valence-corrected chi connectivity index (χ2v) is 10.1. The van der Waals surface area contributed by atoms with E-state index >= 15 is 0 Å². The standard InChI is InChI=1S/C33H36N2O7/c1-4-34(5-2)15-16-35-30(23-11-13-25(27(19-23)39-3)42-21-22-9-7-6-8-10-22)29(32(37)33(35)38)31(36)24-12-14-26-28(20-24)41-18-17-40-26/h6-14,19-20,30,36H,4-5,15-18,21H2,1-3H3/b31-29+. The molecule has 2 aliphatic rings. The van der Waals surface area contributed by atoms with Crippen molar-refractivity contribution in [2.24, 2.45) is 0 Å². The van der Waals surface area contributed by atoms with E-state index in [1.165, 1.54) is 4.90 Å². The summed E-state index contributed by atoms with van der Waals surface area (Å²) in [5.74, 6) is 0.340. The highest BCUT2D eigenvalue weighted by Gasteiger charge is 2.46. The molecule has 42 heavy (non-hydrogen) atoms. The van der Waals surface area contributed by atoms with Crippen molar-refractivity contribution in [3.8, 4) is 23.0 Å². The zero-order valence-corrected chi connectivity index (χ0v) is 24.2. The van der Waals surface area contributed by atoms with E-state index in [1.807, 2.05) is 30.3 Å². The van der Waals surface area contributed by atoms with Crippen molar-refractivity contribution in [2.45, 2.75) is 26.5 Å². The fourth-order valence-corrected chi connectivity index (χ4v) is 5.30. The van der Waals surface area contributed by atoms with Gasteiger partial charge in [-0.25, -0.2) is 0 Å². The van der Waals surface area contributed by atoms with Crippen LogP contribution in [0.25, 0.3) is 5.76 Å². The number of Topliss-reactive ketones (excluding diaryl/α,β-unsaturated/α-hetero) is 1. The van der Waals surface area contributed by atoms with Crippen molar-refractivity contribution in [3.63, 3.8) is 0 Å². The first-order valence-electron chi connectivity index (χ1n) is 14.2. The molecular formula is C33H36N2O7. The van der Waals surface area contributed by atoms with Gasteiger partial charge in [-0.2, -0.15) is 0 Å². The molecule has 1 atom stereocenters. The van der Waals surface area contributed by atoms with Crippen LogP contribution < -0.4 is 18.9 Å². The van der Waals surface area contributed by atoms with Crippen molar-refractivity contribution in [1.82, 2.24) is 9.80 Å². The number of hydrogen-bond acceptors (Lipinski definition) is 8. The normalized spacial score (nSPS) is 17.5. The second-order valence-electron chi connectivity index (χ2n) is 10.1. The van der Waals surface area contributed by atoms with Crippen LogP contribution in [0.5, 0.6) is 23.0 Å². The molecular weight excluding hydrogens is 536 g/mol. The third-order valence-corrected chi connectivity index (χ3v) is 7.65. The molecule has 220 valence electrons. The largest absolute Gasteiger partial charge is 0.507 e. The molecule has 3 aromatic rings. The molecule has 3 aromatic carbocycles. The molecule has 2 aliphatic heterocycles. The molecule has 1 saturated heterocycles. The van der Waals surface area contributed by atoms with Gasteiger partial charge >= 0.3 is 0 Å². The number of amides is 1. The Hall–Kier alpha value is -4.50.